The summed E-state index contributed by atoms with van der Waals surface area (Å²) in [5.41, 5.74) is 1.09. The Balaban J connectivity index is 2.48. The summed E-state index contributed by atoms with van der Waals surface area (Å²) < 4.78 is 0.816. The van der Waals surface area contributed by atoms with Gasteiger partial charge in [0.1, 0.15) is 4.60 Å². The lowest BCUT2D eigenvalue weighted by Gasteiger charge is -2.44. The van der Waals surface area contributed by atoms with Crippen LogP contribution in [0.1, 0.15) is 25.1 Å². The van der Waals surface area contributed by atoms with E-state index in [1.807, 2.05) is 19.1 Å². The van der Waals surface area contributed by atoms with Gasteiger partial charge >= 0.3 is 0 Å². The zero-order valence-electron chi connectivity index (χ0n) is 10.5. The second-order valence-electron chi connectivity index (χ2n) is 5.05. The molecule has 0 spiro atoms. The van der Waals surface area contributed by atoms with E-state index in [0.717, 1.165) is 29.0 Å². The highest BCUT2D eigenvalue weighted by atomic mass is 79.9. The van der Waals surface area contributed by atoms with Crippen LogP contribution < -0.4 is 5.32 Å². The van der Waals surface area contributed by atoms with Gasteiger partial charge in [0.25, 0.3) is 0 Å². The van der Waals surface area contributed by atoms with Crippen molar-refractivity contribution in [2.45, 2.75) is 26.4 Å². The molecule has 0 bridgehead atoms. The molecule has 0 amide bonds. The molecule has 0 saturated carbocycles. The quantitative estimate of drug-likeness (QED) is 0.782. The smallest absolute Gasteiger partial charge is 0.106 e. The van der Waals surface area contributed by atoms with Crippen LogP contribution in [0.25, 0.3) is 0 Å². The number of nitrogens with one attached hydrogen (secondary N) is 1. The summed E-state index contributed by atoms with van der Waals surface area (Å²) in [4.78, 5) is 4.40. The minimum absolute atomic E-state index is 0.188. The van der Waals surface area contributed by atoms with Gasteiger partial charge in [-0.15, -0.1) is 0 Å². The maximum atomic E-state index is 11.1. The van der Waals surface area contributed by atoms with Crippen LogP contribution in [0.4, 0.5) is 0 Å². The van der Waals surface area contributed by atoms with Gasteiger partial charge in [0.2, 0.25) is 0 Å². The third-order valence-corrected chi connectivity index (χ3v) is 4.33. The molecule has 0 radical (unpaired) electrons. The van der Waals surface area contributed by atoms with Crippen LogP contribution in [0.15, 0.2) is 16.7 Å². The highest BCUT2D eigenvalue weighted by Gasteiger charge is 2.44. The van der Waals surface area contributed by atoms with Crippen molar-refractivity contribution in [1.29, 1.82) is 0 Å². The minimum Gasteiger partial charge on any atom is -0.384 e. The summed E-state index contributed by atoms with van der Waals surface area (Å²) in [6, 6.07) is 3.90. The molecule has 0 aromatic carbocycles. The first-order chi connectivity index (χ1) is 7.96. The van der Waals surface area contributed by atoms with E-state index in [4.69, 9.17) is 0 Å². The van der Waals surface area contributed by atoms with Crippen molar-refractivity contribution in [3.8, 4) is 0 Å². The number of nitrogens with zero attached hydrogens (tertiary/aromatic N) is 1. The van der Waals surface area contributed by atoms with Gasteiger partial charge in [-0.05, 0) is 28.9 Å². The van der Waals surface area contributed by atoms with Crippen molar-refractivity contribution in [1.82, 2.24) is 10.3 Å². The molecule has 1 aromatic heterocycles. The first-order valence-corrected chi connectivity index (χ1v) is 6.82. The van der Waals surface area contributed by atoms with Gasteiger partial charge in [-0.1, -0.05) is 19.9 Å². The van der Waals surface area contributed by atoms with Crippen LogP contribution in [0, 0.1) is 18.8 Å². The van der Waals surface area contributed by atoms with Crippen molar-refractivity contribution in [3.63, 3.8) is 0 Å². The summed E-state index contributed by atoms with van der Waals surface area (Å²) >= 11 is 3.36. The Kier molecular flexibility index (Phi) is 3.57. The lowest BCUT2D eigenvalue weighted by molar-refractivity contribution is -0.0814. The van der Waals surface area contributed by atoms with Gasteiger partial charge in [0.15, 0.2) is 0 Å². The molecule has 3 atom stereocenters. The number of pyridine rings is 1. The predicted octanol–water partition coefficient (Wildman–Crippen LogP) is 2.22. The molecule has 94 valence electrons. The standard InChI is InChI=1S/C13H19BrN2O/c1-8-6-15-7-9(2)13(8,17)11-4-5-12(14)16-10(11)3/h4-5,8-9,15,17H,6-7H2,1-3H3/t8-,9+,13?. The molecule has 4 heteroatoms. The van der Waals surface area contributed by atoms with Crippen LogP contribution in [0.2, 0.25) is 0 Å². The number of aliphatic hydroxyl groups is 1. The number of hydrogen-bond acceptors (Lipinski definition) is 3. The first kappa shape index (κ1) is 13.0. The number of piperidine rings is 1. The van der Waals surface area contributed by atoms with Crippen LogP contribution in [-0.4, -0.2) is 23.2 Å². The van der Waals surface area contributed by atoms with Gasteiger partial charge in [-0.2, -0.15) is 0 Å². The number of aromatic nitrogens is 1. The van der Waals surface area contributed by atoms with E-state index in [1.54, 1.807) is 0 Å². The fraction of sp³-hybridized carbons (Fsp3) is 0.615. The second kappa shape index (κ2) is 4.67. The summed E-state index contributed by atoms with van der Waals surface area (Å²) in [6.07, 6.45) is 0. The topological polar surface area (TPSA) is 45.2 Å². The molecule has 1 aliphatic rings. The molecule has 17 heavy (non-hydrogen) atoms. The van der Waals surface area contributed by atoms with E-state index in [0.29, 0.717) is 0 Å². The van der Waals surface area contributed by atoms with Gasteiger partial charge in [0, 0.05) is 36.2 Å². The fourth-order valence-electron chi connectivity index (χ4n) is 2.80. The van der Waals surface area contributed by atoms with Crippen molar-refractivity contribution >= 4 is 15.9 Å². The minimum atomic E-state index is -0.775. The second-order valence-corrected chi connectivity index (χ2v) is 5.87. The van der Waals surface area contributed by atoms with Crippen molar-refractivity contribution < 1.29 is 5.11 Å². The molecule has 0 aliphatic carbocycles. The maximum absolute atomic E-state index is 11.1. The highest BCUT2D eigenvalue weighted by Crippen LogP contribution is 2.40. The number of rotatable bonds is 1. The monoisotopic (exact) mass is 298 g/mol. The Morgan fingerprint density at radius 2 is 1.94 bits per heavy atom. The molecule has 1 saturated heterocycles. The molecular weight excluding hydrogens is 280 g/mol. The third kappa shape index (κ3) is 2.14. The summed E-state index contributed by atoms with van der Waals surface area (Å²) in [7, 11) is 0. The first-order valence-electron chi connectivity index (χ1n) is 6.03. The van der Waals surface area contributed by atoms with Crippen molar-refractivity contribution in [3.05, 3.63) is 28.0 Å². The van der Waals surface area contributed by atoms with E-state index in [9.17, 15) is 5.11 Å². The summed E-state index contributed by atoms with van der Waals surface area (Å²) in [5, 5.41) is 14.4. The predicted molar refractivity (Wildman–Crippen MR) is 71.8 cm³/mol. The van der Waals surface area contributed by atoms with E-state index >= 15 is 0 Å². The SMILES string of the molecule is Cc1nc(Br)ccc1C1(O)[C@H](C)CNC[C@@H]1C. The number of hydrogen-bond donors (Lipinski definition) is 2. The molecule has 1 fully saturated rings. The fourth-order valence-corrected chi connectivity index (χ4v) is 3.20. The van der Waals surface area contributed by atoms with E-state index in [2.05, 4.69) is 40.1 Å². The largest absolute Gasteiger partial charge is 0.384 e. The third-order valence-electron chi connectivity index (χ3n) is 3.89. The molecule has 2 rings (SSSR count). The van der Waals surface area contributed by atoms with Crippen LogP contribution in [0.5, 0.6) is 0 Å². The number of aryl methyl sites for hydroxylation is 1. The molecule has 1 unspecified atom stereocenters. The van der Waals surface area contributed by atoms with E-state index in [1.165, 1.54) is 0 Å². The zero-order valence-corrected chi connectivity index (χ0v) is 12.1. The summed E-state index contributed by atoms with van der Waals surface area (Å²) in [6.45, 7) is 7.82. The van der Waals surface area contributed by atoms with Crippen LogP contribution in [-0.2, 0) is 5.60 Å². The van der Waals surface area contributed by atoms with Gasteiger partial charge in [0.05, 0.1) is 5.60 Å². The average molecular weight is 299 g/mol. The number of halogens is 1. The molecule has 3 nitrogen and oxygen atoms in total. The van der Waals surface area contributed by atoms with Gasteiger partial charge in [-0.3, -0.25) is 0 Å². The Bertz CT molecular complexity index is 412. The Morgan fingerprint density at radius 3 is 2.47 bits per heavy atom. The van der Waals surface area contributed by atoms with E-state index < -0.39 is 5.60 Å². The van der Waals surface area contributed by atoms with Gasteiger partial charge < -0.3 is 10.4 Å². The van der Waals surface area contributed by atoms with E-state index in [-0.39, 0.29) is 11.8 Å². The average Bonchev–Trinajstić information content (AvgIpc) is 2.26. The van der Waals surface area contributed by atoms with Crippen LogP contribution in [0.3, 0.4) is 0 Å². The highest BCUT2D eigenvalue weighted by molar-refractivity contribution is 9.10. The van der Waals surface area contributed by atoms with Crippen LogP contribution >= 0.6 is 15.9 Å². The summed E-state index contributed by atoms with van der Waals surface area (Å²) in [5.74, 6) is 0.376. The Hall–Kier alpha value is -0.450. The lowest BCUT2D eigenvalue weighted by Crippen LogP contribution is -2.53. The molecule has 2 heterocycles. The molecule has 2 N–H and O–H groups in total. The Labute approximate surface area is 111 Å². The molecule has 1 aliphatic heterocycles. The zero-order chi connectivity index (χ0) is 12.6. The Morgan fingerprint density at radius 1 is 1.35 bits per heavy atom. The molecular formula is C13H19BrN2O. The lowest BCUT2D eigenvalue weighted by atomic mass is 9.71. The molecule has 1 aromatic rings. The maximum Gasteiger partial charge on any atom is 0.106 e. The normalized spacial score (nSPS) is 33.7. The van der Waals surface area contributed by atoms with Crippen molar-refractivity contribution in [2.75, 3.05) is 13.1 Å². The van der Waals surface area contributed by atoms with Crippen molar-refractivity contribution in [2.24, 2.45) is 11.8 Å². The van der Waals surface area contributed by atoms with Gasteiger partial charge in [-0.25, -0.2) is 4.98 Å².